The molecule has 302 valence electrons. The van der Waals surface area contributed by atoms with Crippen LogP contribution < -0.4 is 20.1 Å². The molecule has 2 aromatic rings. The van der Waals surface area contributed by atoms with Crippen molar-refractivity contribution in [3.05, 3.63) is 48.7 Å². The van der Waals surface area contributed by atoms with Crippen LogP contribution in [0.25, 0.3) is 10.9 Å². The van der Waals surface area contributed by atoms with Gasteiger partial charge in [-0.15, -0.1) is 6.58 Å². The molecule has 4 aliphatic carbocycles. The SMILES string of the molecule is C=C[C@@H]1CC[C@]1(NC(=O)[C@@H]1C[C@@H]2CN1C(=O)[C@H](C1CCCC1)NC(=O)O[C@@H]1CCC[C@H]1CCCCCc1nc3ccccc3cc1O2)C(=O)NS(=O)(=O)C1CC1. The van der Waals surface area contributed by atoms with Crippen molar-refractivity contribution in [2.24, 2.45) is 17.8 Å². The van der Waals surface area contributed by atoms with Crippen LogP contribution in [0.1, 0.15) is 108 Å². The van der Waals surface area contributed by atoms with Gasteiger partial charge in [-0.05, 0) is 101 Å². The highest BCUT2D eigenvalue weighted by Crippen LogP contribution is 2.42. The Hall–Kier alpha value is -4.20. The summed E-state index contributed by atoms with van der Waals surface area (Å²) in [5.74, 6) is -1.54. The number of hydrogen-bond donors (Lipinski definition) is 3. The molecule has 2 bridgehead atoms. The lowest BCUT2D eigenvalue weighted by Gasteiger charge is -2.47. The molecule has 1 saturated heterocycles. The molecule has 0 spiro atoms. The molecular weight excluding hydrogens is 735 g/mol. The third kappa shape index (κ3) is 7.86. The van der Waals surface area contributed by atoms with Gasteiger partial charge in [-0.3, -0.25) is 19.1 Å². The number of amides is 4. The largest absolute Gasteiger partial charge is 0.487 e. The molecule has 3 heterocycles. The Kier molecular flexibility index (Phi) is 11.0. The molecule has 3 N–H and O–H groups in total. The number of carbonyl (C=O) groups is 4. The van der Waals surface area contributed by atoms with Gasteiger partial charge in [0.05, 0.1) is 23.0 Å². The number of benzene rings is 1. The molecular formula is C42H55N5O8S. The van der Waals surface area contributed by atoms with Gasteiger partial charge < -0.3 is 25.0 Å². The number of aromatic nitrogens is 1. The van der Waals surface area contributed by atoms with Crippen molar-refractivity contribution in [1.82, 2.24) is 25.2 Å². The molecule has 4 amide bonds. The lowest BCUT2D eigenvalue weighted by molar-refractivity contribution is -0.145. The van der Waals surface area contributed by atoms with Crippen molar-refractivity contribution < 1.29 is 37.1 Å². The highest BCUT2D eigenvalue weighted by atomic mass is 32.2. The predicted octanol–water partition coefficient (Wildman–Crippen LogP) is 5.21. The number of rotatable bonds is 7. The van der Waals surface area contributed by atoms with Crippen LogP contribution in [0.4, 0.5) is 4.79 Å². The highest BCUT2D eigenvalue weighted by molar-refractivity contribution is 7.91. The Balaban J connectivity index is 1.13. The number of pyridine rings is 1. The molecule has 56 heavy (non-hydrogen) atoms. The van der Waals surface area contributed by atoms with Crippen molar-refractivity contribution in [2.75, 3.05) is 6.54 Å². The Morgan fingerprint density at radius 1 is 0.929 bits per heavy atom. The predicted molar refractivity (Wildman–Crippen MR) is 209 cm³/mol. The summed E-state index contributed by atoms with van der Waals surface area (Å²) in [7, 11) is -3.89. The number of alkyl carbamates (subject to hydrolysis) is 1. The van der Waals surface area contributed by atoms with Crippen LogP contribution in [-0.4, -0.2) is 83.7 Å². The van der Waals surface area contributed by atoms with Gasteiger partial charge in [-0.2, -0.15) is 0 Å². The third-order valence-corrected chi connectivity index (χ3v) is 15.2. The minimum absolute atomic E-state index is 0.0635. The topological polar surface area (TPSA) is 173 Å². The second-order valence-corrected chi connectivity index (χ2v) is 19.0. The number of para-hydroxylation sites is 1. The summed E-state index contributed by atoms with van der Waals surface area (Å²) in [4.78, 5) is 63.5. The minimum Gasteiger partial charge on any atom is -0.487 e. The van der Waals surface area contributed by atoms with E-state index in [0.29, 0.717) is 31.4 Å². The van der Waals surface area contributed by atoms with Crippen LogP contribution in [0.3, 0.4) is 0 Å². The van der Waals surface area contributed by atoms with Crippen molar-refractivity contribution in [3.8, 4) is 5.75 Å². The quantitative estimate of drug-likeness (QED) is 0.319. The Morgan fingerprint density at radius 3 is 2.43 bits per heavy atom. The average molecular weight is 790 g/mol. The van der Waals surface area contributed by atoms with Gasteiger partial charge in [0.15, 0.2) is 0 Å². The maximum atomic E-state index is 14.9. The van der Waals surface area contributed by atoms with Crippen LogP contribution in [0.5, 0.6) is 5.75 Å². The molecule has 13 nitrogen and oxygen atoms in total. The van der Waals surface area contributed by atoms with Gasteiger partial charge >= 0.3 is 6.09 Å². The van der Waals surface area contributed by atoms with Crippen molar-refractivity contribution in [1.29, 1.82) is 0 Å². The van der Waals surface area contributed by atoms with E-state index in [2.05, 4.69) is 21.9 Å². The summed E-state index contributed by atoms with van der Waals surface area (Å²) in [6, 6.07) is 7.87. The molecule has 2 aliphatic heterocycles. The Morgan fingerprint density at radius 2 is 1.68 bits per heavy atom. The zero-order chi connectivity index (χ0) is 39.0. The number of carbonyl (C=O) groups excluding carboxylic acids is 4. The monoisotopic (exact) mass is 789 g/mol. The zero-order valence-corrected chi connectivity index (χ0v) is 32.9. The van der Waals surface area contributed by atoms with Gasteiger partial charge in [-0.25, -0.2) is 18.2 Å². The van der Waals surface area contributed by atoms with Gasteiger partial charge in [0, 0.05) is 17.7 Å². The maximum absolute atomic E-state index is 14.9. The van der Waals surface area contributed by atoms with Crippen LogP contribution in [-0.2, 0) is 35.6 Å². The third-order valence-electron chi connectivity index (χ3n) is 13.4. The van der Waals surface area contributed by atoms with Crippen molar-refractivity contribution in [3.63, 3.8) is 0 Å². The fourth-order valence-electron chi connectivity index (χ4n) is 9.88. The van der Waals surface area contributed by atoms with Gasteiger partial charge in [-0.1, -0.05) is 50.0 Å². The number of aryl methyl sites for hydroxylation is 1. The number of nitrogens with one attached hydrogen (secondary N) is 3. The number of fused-ring (bicyclic) bond motifs is 5. The second-order valence-electron chi connectivity index (χ2n) is 17.0. The summed E-state index contributed by atoms with van der Waals surface area (Å²) in [5, 5.41) is 6.20. The molecule has 0 radical (unpaired) electrons. The first kappa shape index (κ1) is 38.7. The molecule has 1 aromatic carbocycles. The Bertz CT molecular complexity index is 1960. The maximum Gasteiger partial charge on any atom is 0.408 e. The molecule has 14 heteroatoms. The zero-order valence-electron chi connectivity index (χ0n) is 32.1. The van der Waals surface area contributed by atoms with E-state index < -0.39 is 68.7 Å². The lowest BCUT2D eigenvalue weighted by Crippen LogP contribution is -2.70. The number of sulfonamides is 1. The number of hydrogen-bond acceptors (Lipinski definition) is 9. The average Bonchev–Trinajstić information content (AvgIpc) is 3.51. The molecule has 0 unspecified atom stereocenters. The molecule has 1 aromatic heterocycles. The molecule has 4 saturated carbocycles. The van der Waals surface area contributed by atoms with E-state index in [1.807, 2.05) is 30.3 Å². The van der Waals surface area contributed by atoms with Crippen molar-refractivity contribution >= 4 is 44.7 Å². The first-order chi connectivity index (χ1) is 27.0. The highest BCUT2D eigenvalue weighted by Gasteiger charge is 2.56. The summed E-state index contributed by atoms with van der Waals surface area (Å²) >= 11 is 0. The van der Waals surface area contributed by atoms with Crippen LogP contribution in [0.15, 0.2) is 43.0 Å². The van der Waals surface area contributed by atoms with Gasteiger partial charge in [0.1, 0.15) is 35.6 Å². The number of ether oxygens (including phenoxy) is 2. The second kappa shape index (κ2) is 16.0. The van der Waals surface area contributed by atoms with Crippen LogP contribution >= 0.6 is 0 Å². The van der Waals surface area contributed by atoms with Crippen molar-refractivity contribution in [2.45, 2.75) is 144 Å². The summed E-state index contributed by atoms with van der Waals surface area (Å²) in [6.45, 7) is 3.94. The summed E-state index contributed by atoms with van der Waals surface area (Å²) < 4.78 is 40.8. The smallest absolute Gasteiger partial charge is 0.408 e. The fraction of sp³-hybridized carbons (Fsp3) is 0.643. The first-order valence-electron chi connectivity index (χ1n) is 20.9. The fourth-order valence-corrected chi connectivity index (χ4v) is 11.2. The standard InChI is InChI=1S/C42H55N5O8S/c1-2-29-21-22-42(29,40(50)46-56(52,53)31-19-20-31)45-38(48)34-24-30-25-47(34)39(49)37(27-12-6-7-13-27)44-41(51)55-35-18-10-15-26(35)11-4-3-5-17-33-36(54-30)23-28-14-8-9-16-32(28)43-33/h2,8-9,14,16,23,26-27,29-31,34-35,37H,1,3-7,10-13,15,17-22,24-25H2,(H,44,51)(H,45,48)(H,46,50)/t26-,29-,30-,34+,35-,37+,42-/m1/s1. The molecule has 7 atom stereocenters. The van der Waals surface area contributed by atoms with E-state index in [1.165, 1.54) is 4.90 Å². The van der Waals surface area contributed by atoms with Gasteiger partial charge in [0.2, 0.25) is 21.8 Å². The van der Waals surface area contributed by atoms with E-state index >= 15 is 0 Å². The lowest BCUT2D eigenvalue weighted by atomic mass is 9.66. The molecule has 8 rings (SSSR count). The molecule has 6 aliphatic rings. The van der Waals surface area contributed by atoms with E-state index in [4.69, 9.17) is 14.5 Å². The van der Waals surface area contributed by atoms with Gasteiger partial charge in [0.25, 0.3) is 5.91 Å². The normalized spacial score (nSPS) is 31.8. The summed E-state index contributed by atoms with van der Waals surface area (Å²) in [5.41, 5.74) is 0.147. The van der Waals surface area contributed by atoms with E-state index in [0.717, 1.165) is 87.2 Å². The number of nitrogens with zero attached hydrogens (tertiary/aromatic N) is 2. The van der Waals surface area contributed by atoms with E-state index in [9.17, 15) is 27.6 Å². The van der Waals surface area contributed by atoms with Crippen LogP contribution in [0.2, 0.25) is 0 Å². The van der Waals surface area contributed by atoms with E-state index in [-0.39, 0.29) is 37.3 Å². The summed E-state index contributed by atoms with van der Waals surface area (Å²) in [6.07, 6.45) is 12.6. The van der Waals surface area contributed by atoms with E-state index in [1.54, 1.807) is 6.08 Å². The van der Waals surface area contributed by atoms with Crippen LogP contribution in [0, 0.1) is 17.8 Å². The first-order valence-corrected chi connectivity index (χ1v) is 22.4. The molecule has 5 fully saturated rings. The minimum atomic E-state index is -3.89. The Labute approximate surface area is 329 Å².